The minimum Gasteiger partial charge on any atom is -0.850 e. The van der Waals surface area contributed by atoms with Gasteiger partial charge in [-0.05, 0) is 0 Å². The van der Waals surface area contributed by atoms with Gasteiger partial charge in [0.25, 0.3) is 0 Å². The summed E-state index contributed by atoms with van der Waals surface area (Å²) in [4.78, 5) is 18.6. The molecule has 0 saturated carbocycles. The molecule has 0 N–H and O–H groups in total. The van der Waals surface area contributed by atoms with Gasteiger partial charge in [-0.3, -0.25) is 0 Å². The standard InChI is InChI=1S/C22H37.Mo.H3O2PS2/c1-2-3-4-5-6-7-8-9-10-11-12-13-14-16-19-22-20-17-15-18-21-22;;1-3(2,4)5/h15,17-18,20H,2-14,16,19H2,1H3;;(H3,1,2,4,5)/q;+3;/p-3. The molecule has 0 aliphatic rings. The fourth-order valence-electron chi connectivity index (χ4n) is 3.22. The van der Waals surface area contributed by atoms with Gasteiger partial charge < -0.3 is 27.7 Å². The van der Waals surface area contributed by atoms with E-state index in [1.165, 1.54) is 100 Å². The molecule has 0 bridgehead atoms. The van der Waals surface area contributed by atoms with Crippen LogP contribution in [0.4, 0.5) is 0 Å². The van der Waals surface area contributed by atoms with Crippen molar-refractivity contribution in [3.05, 3.63) is 29.8 Å². The molecule has 1 rings (SSSR count). The van der Waals surface area contributed by atoms with Crippen LogP contribution in [0.25, 0.3) is 0 Å². The first kappa shape index (κ1) is 28.8. The van der Waals surface area contributed by atoms with E-state index < -0.39 is 5.69 Å². The van der Waals surface area contributed by atoms with Crippen molar-refractivity contribution in [1.82, 2.24) is 0 Å². The number of hydrogen-bond acceptors (Lipinski definition) is 4. The topological polar surface area (TPSA) is 46.1 Å². The molecule has 0 aromatic heterocycles. The van der Waals surface area contributed by atoms with Crippen LogP contribution in [-0.2, 0) is 50.3 Å². The first-order valence-corrected chi connectivity index (χ1v) is 15.5. The molecule has 0 heterocycles. The third-order valence-electron chi connectivity index (χ3n) is 4.77. The van der Waals surface area contributed by atoms with Crippen molar-refractivity contribution >= 4 is 33.7 Å². The van der Waals surface area contributed by atoms with E-state index in [4.69, 9.17) is 0 Å². The largest absolute Gasteiger partial charge is 0.850 e. The third-order valence-corrected chi connectivity index (χ3v) is 5.75. The zero-order valence-electron chi connectivity index (χ0n) is 17.4. The average molecular weight is 525 g/mol. The monoisotopic (exact) mass is 526 g/mol. The Hall–Kier alpha value is 0.828. The van der Waals surface area contributed by atoms with Crippen molar-refractivity contribution in [3.8, 4) is 0 Å². The summed E-state index contributed by atoms with van der Waals surface area (Å²) in [6.07, 6.45) is 21.5. The van der Waals surface area contributed by atoms with E-state index in [0.29, 0.717) is 0 Å². The summed E-state index contributed by atoms with van der Waals surface area (Å²) >= 11 is 9.44. The van der Waals surface area contributed by atoms with Crippen molar-refractivity contribution in [1.29, 1.82) is 0 Å². The molecule has 0 amide bonds. The summed E-state index contributed by atoms with van der Waals surface area (Å²) < 4.78 is 1.47. The second kappa shape index (κ2) is 19.8. The van der Waals surface area contributed by atoms with Gasteiger partial charge in [-0.25, -0.2) is 0 Å². The first-order chi connectivity index (χ1) is 13.3. The van der Waals surface area contributed by atoms with Crippen molar-refractivity contribution in [2.75, 3.05) is 0 Å². The maximum Gasteiger partial charge on any atom is -0.160 e. The van der Waals surface area contributed by atoms with Crippen LogP contribution in [0.5, 0.6) is 0 Å². The summed E-state index contributed by atoms with van der Waals surface area (Å²) in [6, 6.07) is 8.85. The molecule has 2 nitrogen and oxygen atoms in total. The van der Waals surface area contributed by atoms with Crippen LogP contribution in [0.2, 0.25) is 0 Å². The van der Waals surface area contributed by atoms with Crippen LogP contribution in [0.3, 0.4) is 0 Å². The van der Waals surface area contributed by atoms with E-state index in [9.17, 15) is 9.79 Å². The summed E-state index contributed by atoms with van der Waals surface area (Å²) in [5.41, 5.74) is -2.17. The van der Waals surface area contributed by atoms with Gasteiger partial charge in [0, 0.05) is 0 Å². The molecule has 1 aromatic rings. The zero-order valence-corrected chi connectivity index (χ0v) is 21.9. The number of benzene rings is 1. The average Bonchev–Trinajstić information content (AvgIpc) is 2.62. The minimum absolute atomic E-state index is 1.27. The normalized spacial score (nSPS) is 11.1. The number of rotatable bonds is 15. The maximum atomic E-state index is 9.29. The van der Waals surface area contributed by atoms with Gasteiger partial charge in [0.05, 0.1) is 0 Å². The first-order valence-electron chi connectivity index (χ1n) is 10.8. The molecule has 160 valence electrons. The Morgan fingerprint density at radius 1 is 0.786 bits per heavy atom. The molecule has 1 aromatic carbocycles. The molecule has 0 aliphatic carbocycles. The fourth-order valence-corrected chi connectivity index (χ4v) is 3.83. The SMILES string of the molecule is CCCCCCCCCCCCCCCCc1cccc[c]1[Mo+3].[O-]P([O-])(=S)[S-]. The maximum absolute atomic E-state index is 9.29. The number of unbranched alkanes of at least 4 members (excludes halogenated alkanes) is 13. The van der Waals surface area contributed by atoms with Crippen molar-refractivity contribution in [2.24, 2.45) is 0 Å². The predicted molar refractivity (Wildman–Crippen MR) is 122 cm³/mol. The summed E-state index contributed by atoms with van der Waals surface area (Å²) in [5, 5.41) is 0. The third kappa shape index (κ3) is 23.1. The van der Waals surface area contributed by atoms with Gasteiger partial charge in [-0.1, -0.05) is 39.0 Å². The molecule has 0 radical (unpaired) electrons. The van der Waals surface area contributed by atoms with Gasteiger partial charge in [0.15, 0.2) is 0 Å². The molecule has 0 unspecified atom stereocenters. The van der Waals surface area contributed by atoms with Crippen molar-refractivity contribution < 1.29 is 29.6 Å². The molecular formula is C22H37MoO2PS2. The second-order valence-corrected chi connectivity index (χ2v) is 13.0. The minimum atomic E-state index is -3.72. The van der Waals surface area contributed by atoms with E-state index in [1.807, 2.05) is 0 Å². The van der Waals surface area contributed by atoms with Gasteiger partial charge in [0.2, 0.25) is 0 Å². The Balaban J connectivity index is 0.00000129. The van der Waals surface area contributed by atoms with Crippen LogP contribution in [-0.4, -0.2) is 0 Å². The van der Waals surface area contributed by atoms with E-state index in [0.717, 1.165) is 0 Å². The summed E-state index contributed by atoms with van der Waals surface area (Å²) in [5.74, 6) is 0. The molecule has 0 atom stereocenters. The Bertz CT molecular complexity index is 515. The Labute approximate surface area is 195 Å². The molecular weight excluding hydrogens is 487 g/mol. The van der Waals surface area contributed by atoms with Crippen LogP contribution >= 0.6 is 5.69 Å². The molecule has 0 aliphatic heterocycles. The quantitative estimate of drug-likeness (QED) is 0.134. The van der Waals surface area contributed by atoms with E-state index >= 15 is 0 Å². The smallest absolute Gasteiger partial charge is 0.160 e. The summed E-state index contributed by atoms with van der Waals surface area (Å²) in [6.45, 7) is 2.29. The van der Waals surface area contributed by atoms with E-state index in [-0.39, 0.29) is 0 Å². The Morgan fingerprint density at radius 2 is 1.14 bits per heavy atom. The molecule has 0 fully saturated rings. The molecule has 6 heteroatoms. The van der Waals surface area contributed by atoms with Crippen LogP contribution < -0.4 is 13.7 Å². The second-order valence-electron chi connectivity index (χ2n) is 7.40. The number of aryl methyl sites for hydroxylation is 1. The zero-order chi connectivity index (χ0) is 21.1. The predicted octanol–water partition coefficient (Wildman–Crippen LogP) is 5.36. The summed E-state index contributed by atoms with van der Waals surface area (Å²) in [7, 11) is 0. The van der Waals surface area contributed by atoms with Crippen LogP contribution in [0.15, 0.2) is 24.3 Å². The molecule has 28 heavy (non-hydrogen) atoms. The van der Waals surface area contributed by atoms with Crippen LogP contribution in [0.1, 0.15) is 102 Å². The van der Waals surface area contributed by atoms with Gasteiger partial charge in [-0.2, -0.15) is 11.8 Å². The molecule has 0 spiro atoms. The fraction of sp³-hybridized carbons (Fsp3) is 0.727. The van der Waals surface area contributed by atoms with Crippen molar-refractivity contribution in [2.45, 2.75) is 103 Å². The van der Waals surface area contributed by atoms with Gasteiger partial charge in [-0.15, -0.1) is 0 Å². The van der Waals surface area contributed by atoms with Crippen molar-refractivity contribution in [3.63, 3.8) is 0 Å². The van der Waals surface area contributed by atoms with E-state index in [1.54, 1.807) is 5.56 Å². The van der Waals surface area contributed by atoms with E-state index in [2.05, 4.69) is 75.1 Å². The van der Waals surface area contributed by atoms with Crippen LogP contribution in [0, 0.1) is 0 Å². The Kier molecular flexibility index (Phi) is 20.4. The Morgan fingerprint density at radius 3 is 1.54 bits per heavy atom. The number of hydrogen-bond donors (Lipinski definition) is 0. The van der Waals surface area contributed by atoms with Gasteiger partial charge in [0.1, 0.15) is 0 Å². The molecule has 0 saturated heterocycles. The van der Waals surface area contributed by atoms with Gasteiger partial charge >= 0.3 is 118 Å².